The van der Waals surface area contributed by atoms with Gasteiger partial charge in [0.05, 0.1) is 0 Å². The van der Waals surface area contributed by atoms with Crippen LogP contribution in [-0.2, 0) is 0 Å². The van der Waals surface area contributed by atoms with Gasteiger partial charge in [0.25, 0.3) is 0 Å². The third kappa shape index (κ3) is 2.16. The van der Waals surface area contributed by atoms with Crippen molar-refractivity contribution < 1.29 is 0 Å². The summed E-state index contributed by atoms with van der Waals surface area (Å²) in [4.78, 5) is 2.83. The van der Waals surface area contributed by atoms with Crippen molar-refractivity contribution in [1.82, 2.24) is 4.90 Å². The zero-order chi connectivity index (χ0) is 10.8. The summed E-state index contributed by atoms with van der Waals surface area (Å²) < 4.78 is 0. The lowest BCUT2D eigenvalue weighted by Gasteiger charge is -2.46. The molecule has 92 valence electrons. The molecule has 2 saturated carbocycles. The largest absolute Gasteiger partial charge is 0.300 e. The van der Waals surface area contributed by atoms with E-state index in [4.69, 9.17) is 0 Å². The molecule has 1 heterocycles. The van der Waals surface area contributed by atoms with Crippen LogP contribution in [0.15, 0.2) is 0 Å². The second-order valence-corrected chi connectivity index (χ2v) is 6.53. The van der Waals surface area contributed by atoms with E-state index >= 15 is 0 Å². The van der Waals surface area contributed by atoms with Gasteiger partial charge in [0.15, 0.2) is 0 Å². The Morgan fingerprint density at radius 3 is 1.94 bits per heavy atom. The van der Waals surface area contributed by atoms with E-state index in [-0.39, 0.29) is 0 Å². The quantitative estimate of drug-likeness (QED) is 0.647. The topological polar surface area (TPSA) is 3.24 Å². The minimum Gasteiger partial charge on any atom is -0.300 e. The van der Waals surface area contributed by atoms with Gasteiger partial charge in [-0.1, -0.05) is 32.1 Å². The molecular formula is C15H27N. The third-order valence-electron chi connectivity index (χ3n) is 5.61. The first-order valence-corrected chi connectivity index (χ1v) is 7.62. The van der Waals surface area contributed by atoms with Crippen LogP contribution in [0, 0.1) is 5.41 Å². The highest BCUT2D eigenvalue weighted by molar-refractivity contribution is 4.90. The van der Waals surface area contributed by atoms with Gasteiger partial charge in [0.2, 0.25) is 0 Å². The first-order valence-electron chi connectivity index (χ1n) is 7.62. The van der Waals surface area contributed by atoms with Crippen LogP contribution in [0.3, 0.4) is 0 Å². The summed E-state index contributed by atoms with van der Waals surface area (Å²) in [5, 5.41) is 0. The van der Waals surface area contributed by atoms with Gasteiger partial charge in [0.1, 0.15) is 0 Å². The zero-order valence-corrected chi connectivity index (χ0v) is 10.7. The van der Waals surface area contributed by atoms with Crippen molar-refractivity contribution in [1.29, 1.82) is 0 Å². The van der Waals surface area contributed by atoms with Crippen LogP contribution in [0.4, 0.5) is 0 Å². The molecule has 2 aliphatic carbocycles. The van der Waals surface area contributed by atoms with Crippen LogP contribution >= 0.6 is 0 Å². The molecule has 3 aliphatic rings. The molecule has 0 aromatic heterocycles. The van der Waals surface area contributed by atoms with Gasteiger partial charge in [-0.2, -0.15) is 0 Å². The van der Waals surface area contributed by atoms with Gasteiger partial charge in [-0.15, -0.1) is 0 Å². The van der Waals surface area contributed by atoms with Crippen LogP contribution in [0.2, 0.25) is 0 Å². The van der Waals surface area contributed by atoms with Crippen LogP contribution in [0.5, 0.6) is 0 Å². The number of nitrogens with zero attached hydrogens (tertiary/aromatic N) is 1. The number of hydrogen-bond acceptors (Lipinski definition) is 1. The normalized spacial score (nSPS) is 32.2. The van der Waals surface area contributed by atoms with E-state index in [1.807, 2.05) is 0 Å². The van der Waals surface area contributed by atoms with E-state index in [1.54, 1.807) is 12.8 Å². The Labute approximate surface area is 101 Å². The molecule has 3 rings (SSSR count). The molecule has 1 nitrogen and oxygen atoms in total. The highest BCUT2D eigenvalue weighted by Gasteiger charge is 2.37. The number of rotatable bonds is 1. The molecule has 1 aliphatic heterocycles. The Morgan fingerprint density at radius 2 is 1.31 bits per heavy atom. The summed E-state index contributed by atoms with van der Waals surface area (Å²) in [6, 6.07) is 0.973. The second-order valence-electron chi connectivity index (χ2n) is 6.53. The molecule has 0 aromatic rings. The molecular weight excluding hydrogens is 194 g/mol. The summed E-state index contributed by atoms with van der Waals surface area (Å²) in [6.45, 7) is 2.84. The Bertz CT molecular complexity index is 214. The average Bonchev–Trinajstić information content (AvgIpc) is 2.85. The van der Waals surface area contributed by atoms with Crippen LogP contribution in [-0.4, -0.2) is 24.0 Å². The van der Waals surface area contributed by atoms with E-state index in [1.165, 1.54) is 70.9 Å². The summed E-state index contributed by atoms with van der Waals surface area (Å²) in [7, 11) is 0. The molecule has 16 heavy (non-hydrogen) atoms. The zero-order valence-electron chi connectivity index (χ0n) is 10.7. The molecule has 0 radical (unpaired) electrons. The van der Waals surface area contributed by atoms with E-state index in [9.17, 15) is 0 Å². The van der Waals surface area contributed by atoms with Crippen molar-refractivity contribution in [2.45, 2.75) is 76.7 Å². The second kappa shape index (κ2) is 4.68. The smallest absolute Gasteiger partial charge is 0.00952 e. The van der Waals surface area contributed by atoms with E-state index in [0.29, 0.717) is 0 Å². The lowest BCUT2D eigenvalue weighted by atomic mass is 9.68. The Kier molecular flexibility index (Phi) is 3.24. The van der Waals surface area contributed by atoms with Crippen molar-refractivity contribution in [3.8, 4) is 0 Å². The van der Waals surface area contributed by atoms with Gasteiger partial charge in [-0.3, -0.25) is 0 Å². The maximum atomic E-state index is 2.83. The molecule has 0 bridgehead atoms. The third-order valence-corrected chi connectivity index (χ3v) is 5.61. The van der Waals surface area contributed by atoms with Gasteiger partial charge in [-0.25, -0.2) is 0 Å². The number of hydrogen-bond donors (Lipinski definition) is 0. The number of piperidine rings is 1. The van der Waals surface area contributed by atoms with Crippen molar-refractivity contribution in [3.63, 3.8) is 0 Å². The summed E-state index contributed by atoms with van der Waals surface area (Å²) in [6.07, 6.45) is 16.6. The predicted molar refractivity (Wildman–Crippen MR) is 68.6 cm³/mol. The van der Waals surface area contributed by atoms with Crippen LogP contribution < -0.4 is 0 Å². The average molecular weight is 221 g/mol. The van der Waals surface area contributed by atoms with E-state index in [0.717, 1.165) is 11.5 Å². The molecule has 1 heteroatoms. The molecule has 0 aromatic carbocycles. The monoisotopic (exact) mass is 221 g/mol. The van der Waals surface area contributed by atoms with Crippen molar-refractivity contribution in [2.75, 3.05) is 13.1 Å². The first kappa shape index (κ1) is 11.1. The summed E-state index contributed by atoms with van der Waals surface area (Å²) in [5.74, 6) is 0. The Balaban J connectivity index is 1.54. The summed E-state index contributed by atoms with van der Waals surface area (Å²) >= 11 is 0. The molecule has 1 saturated heterocycles. The minimum atomic E-state index is 0.799. The van der Waals surface area contributed by atoms with Gasteiger partial charge in [-0.05, 0) is 57.0 Å². The lowest BCUT2D eigenvalue weighted by Crippen LogP contribution is -2.45. The van der Waals surface area contributed by atoms with Gasteiger partial charge in [0, 0.05) is 6.04 Å². The van der Waals surface area contributed by atoms with Gasteiger partial charge < -0.3 is 4.90 Å². The standard InChI is InChI=1S/C15H27N/c1-4-8-15(9-5-1)10-12-16(13-11-15)14-6-2-3-7-14/h14H,1-13H2. The van der Waals surface area contributed by atoms with Crippen molar-refractivity contribution >= 4 is 0 Å². The van der Waals surface area contributed by atoms with Crippen LogP contribution in [0.25, 0.3) is 0 Å². The van der Waals surface area contributed by atoms with Crippen LogP contribution in [0.1, 0.15) is 70.6 Å². The highest BCUT2D eigenvalue weighted by atomic mass is 15.2. The first-order chi connectivity index (χ1) is 7.88. The maximum absolute atomic E-state index is 2.83. The summed E-state index contributed by atoms with van der Waals surface area (Å²) in [5.41, 5.74) is 0.799. The van der Waals surface area contributed by atoms with E-state index < -0.39 is 0 Å². The highest BCUT2D eigenvalue weighted by Crippen LogP contribution is 2.45. The van der Waals surface area contributed by atoms with Crippen molar-refractivity contribution in [2.24, 2.45) is 5.41 Å². The molecule has 3 fully saturated rings. The fourth-order valence-corrected chi connectivity index (χ4v) is 4.43. The lowest BCUT2D eigenvalue weighted by molar-refractivity contribution is 0.0464. The van der Waals surface area contributed by atoms with Gasteiger partial charge >= 0.3 is 0 Å². The molecule has 1 spiro atoms. The Morgan fingerprint density at radius 1 is 0.688 bits per heavy atom. The fourth-order valence-electron chi connectivity index (χ4n) is 4.43. The predicted octanol–water partition coefficient (Wildman–Crippen LogP) is 3.98. The minimum absolute atomic E-state index is 0.799. The number of likely N-dealkylation sites (tertiary alicyclic amines) is 1. The maximum Gasteiger partial charge on any atom is 0.00952 e. The SMILES string of the molecule is C1CCC2(CC1)CCN(C1CCCC1)CC2. The molecule has 0 amide bonds. The van der Waals surface area contributed by atoms with E-state index in [2.05, 4.69) is 4.90 Å². The fraction of sp³-hybridized carbons (Fsp3) is 1.00. The Hall–Kier alpha value is -0.0400. The molecule has 0 N–H and O–H groups in total. The molecule has 0 atom stereocenters. The van der Waals surface area contributed by atoms with Crippen molar-refractivity contribution in [3.05, 3.63) is 0 Å². The molecule has 0 unspecified atom stereocenters.